The minimum Gasteiger partial charge on any atom is -0.507 e. The van der Waals surface area contributed by atoms with Crippen molar-refractivity contribution in [2.75, 3.05) is 12.4 Å². The molecular weight excluding hydrogens is 335 g/mol. The van der Waals surface area contributed by atoms with Crippen molar-refractivity contribution in [1.29, 1.82) is 0 Å². The first-order chi connectivity index (χ1) is 10.7. The van der Waals surface area contributed by atoms with Crippen molar-refractivity contribution in [2.24, 2.45) is 0 Å². The summed E-state index contributed by atoms with van der Waals surface area (Å²) in [5, 5.41) is 11.8. The first-order valence-corrected chi connectivity index (χ1v) is 6.66. The van der Waals surface area contributed by atoms with E-state index in [1.54, 1.807) is 0 Å². The molecule has 0 saturated heterocycles. The maximum atomic E-state index is 13.0. The van der Waals surface area contributed by atoms with Crippen LogP contribution in [0.5, 0.6) is 11.5 Å². The highest BCUT2D eigenvalue weighted by Gasteiger charge is 2.34. The monoisotopic (exact) mass is 345 g/mol. The standard InChI is InChI=1S/C15H11ClF3NO3/c1-23-12-4-2-3-11(21)13(12)14(22)20-10-6-5-8(16)7-9(10)15(17,18)19/h2-7,21H,1H3,(H,20,22). The average Bonchev–Trinajstić information content (AvgIpc) is 2.47. The lowest BCUT2D eigenvalue weighted by Gasteiger charge is -2.15. The molecule has 0 saturated carbocycles. The number of phenols is 1. The third-order valence-electron chi connectivity index (χ3n) is 2.99. The average molecular weight is 346 g/mol. The maximum absolute atomic E-state index is 13.0. The Hall–Kier alpha value is -2.41. The normalized spacial score (nSPS) is 11.2. The van der Waals surface area contributed by atoms with Gasteiger partial charge in [0.1, 0.15) is 17.1 Å². The van der Waals surface area contributed by atoms with Gasteiger partial charge >= 0.3 is 6.18 Å². The molecule has 2 aromatic carbocycles. The van der Waals surface area contributed by atoms with E-state index in [4.69, 9.17) is 16.3 Å². The van der Waals surface area contributed by atoms with Crippen molar-refractivity contribution in [3.05, 3.63) is 52.5 Å². The van der Waals surface area contributed by atoms with E-state index in [2.05, 4.69) is 5.32 Å². The number of phenolic OH excluding ortho intramolecular Hbond substituents is 1. The van der Waals surface area contributed by atoms with Gasteiger partial charge in [-0.2, -0.15) is 13.2 Å². The van der Waals surface area contributed by atoms with E-state index in [0.29, 0.717) is 6.07 Å². The first kappa shape index (κ1) is 17.0. The Kier molecular flexibility index (Phi) is 4.70. The summed E-state index contributed by atoms with van der Waals surface area (Å²) in [5.74, 6) is -1.32. The zero-order valence-electron chi connectivity index (χ0n) is 11.7. The van der Waals surface area contributed by atoms with Crippen molar-refractivity contribution in [3.63, 3.8) is 0 Å². The molecule has 0 aliphatic carbocycles. The summed E-state index contributed by atoms with van der Waals surface area (Å²) in [7, 11) is 1.27. The van der Waals surface area contributed by atoms with Crippen LogP contribution in [0.3, 0.4) is 0 Å². The molecule has 0 aliphatic heterocycles. The minimum atomic E-state index is -4.70. The second kappa shape index (κ2) is 6.37. The summed E-state index contributed by atoms with van der Waals surface area (Å²) in [6.07, 6.45) is -4.70. The minimum absolute atomic E-state index is 0.0324. The van der Waals surface area contributed by atoms with Gasteiger partial charge in [0.05, 0.1) is 18.4 Å². The zero-order valence-corrected chi connectivity index (χ0v) is 12.5. The number of benzene rings is 2. The van der Waals surface area contributed by atoms with Gasteiger partial charge in [-0.3, -0.25) is 4.79 Å². The highest BCUT2D eigenvalue weighted by Crippen LogP contribution is 2.37. The number of anilines is 1. The lowest BCUT2D eigenvalue weighted by atomic mass is 10.1. The number of halogens is 4. The molecule has 2 N–H and O–H groups in total. The van der Waals surface area contributed by atoms with Crippen LogP contribution >= 0.6 is 11.6 Å². The third kappa shape index (κ3) is 3.68. The second-order valence-corrected chi connectivity index (χ2v) is 4.93. The fourth-order valence-electron chi connectivity index (χ4n) is 1.96. The van der Waals surface area contributed by atoms with Crippen LogP contribution in [0.2, 0.25) is 5.02 Å². The number of rotatable bonds is 3. The Balaban J connectivity index is 2.43. The summed E-state index contributed by atoms with van der Waals surface area (Å²) < 4.78 is 44.0. The quantitative estimate of drug-likeness (QED) is 0.870. The SMILES string of the molecule is COc1cccc(O)c1C(=O)Nc1ccc(Cl)cc1C(F)(F)F. The molecule has 0 unspecified atom stereocenters. The molecule has 2 aromatic rings. The van der Waals surface area contributed by atoms with Gasteiger partial charge in [-0.15, -0.1) is 0 Å². The largest absolute Gasteiger partial charge is 0.507 e. The first-order valence-electron chi connectivity index (χ1n) is 6.28. The number of hydrogen-bond donors (Lipinski definition) is 2. The number of hydrogen-bond acceptors (Lipinski definition) is 3. The van der Waals surface area contributed by atoms with Crippen LogP contribution < -0.4 is 10.1 Å². The molecular formula is C15H11ClF3NO3. The molecule has 0 spiro atoms. The summed E-state index contributed by atoms with van der Waals surface area (Å²) >= 11 is 5.58. The number of amides is 1. The molecule has 0 radical (unpaired) electrons. The maximum Gasteiger partial charge on any atom is 0.418 e. The van der Waals surface area contributed by atoms with Crippen molar-refractivity contribution in [3.8, 4) is 11.5 Å². The molecule has 122 valence electrons. The molecule has 0 atom stereocenters. The molecule has 2 rings (SSSR count). The molecule has 4 nitrogen and oxygen atoms in total. The van der Waals surface area contributed by atoms with Crippen LogP contribution in [0.4, 0.5) is 18.9 Å². The van der Waals surface area contributed by atoms with Gasteiger partial charge in [0, 0.05) is 5.02 Å². The van der Waals surface area contributed by atoms with E-state index >= 15 is 0 Å². The number of carbonyl (C=O) groups excluding carboxylic acids is 1. The van der Waals surface area contributed by atoms with Crippen molar-refractivity contribution in [1.82, 2.24) is 0 Å². The third-order valence-corrected chi connectivity index (χ3v) is 3.22. The number of carbonyl (C=O) groups is 1. The Labute approximate surface area is 134 Å². The van der Waals surface area contributed by atoms with E-state index in [9.17, 15) is 23.1 Å². The lowest BCUT2D eigenvalue weighted by Crippen LogP contribution is -2.17. The Morgan fingerprint density at radius 1 is 1.26 bits per heavy atom. The number of methoxy groups -OCH3 is 1. The van der Waals surface area contributed by atoms with E-state index in [1.807, 2.05) is 0 Å². The number of nitrogens with one attached hydrogen (secondary N) is 1. The van der Waals surface area contributed by atoms with Crippen LogP contribution in [0.25, 0.3) is 0 Å². The molecule has 0 heterocycles. The van der Waals surface area contributed by atoms with Gasteiger partial charge < -0.3 is 15.2 Å². The molecule has 0 aromatic heterocycles. The van der Waals surface area contributed by atoms with Crippen LogP contribution in [-0.2, 0) is 6.18 Å². The van der Waals surface area contributed by atoms with Gasteiger partial charge in [-0.25, -0.2) is 0 Å². The molecule has 8 heteroatoms. The molecule has 0 aliphatic rings. The summed E-state index contributed by atoms with van der Waals surface area (Å²) in [6, 6.07) is 7.03. The predicted octanol–water partition coefficient (Wildman–Crippen LogP) is 4.33. The number of alkyl halides is 3. The van der Waals surface area contributed by atoms with E-state index in [-0.39, 0.29) is 16.3 Å². The number of aromatic hydroxyl groups is 1. The Bertz CT molecular complexity index is 747. The van der Waals surface area contributed by atoms with Gasteiger partial charge in [0.2, 0.25) is 0 Å². The van der Waals surface area contributed by atoms with Gasteiger partial charge in [-0.1, -0.05) is 17.7 Å². The zero-order chi connectivity index (χ0) is 17.2. The lowest BCUT2D eigenvalue weighted by molar-refractivity contribution is -0.136. The summed E-state index contributed by atoms with van der Waals surface area (Å²) in [4.78, 5) is 12.2. The topological polar surface area (TPSA) is 58.6 Å². The van der Waals surface area contributed by atoms with Crippen LogP contribution in [0, 0.1) is 0 Å². The Morgan fingerprint density at radius 3 is 2.57 bits per heavy atom. The highest BCUT2D eigenvalue weighted by molar-refractivity contribution is 6.30. The molecule has 23 heavy (non-hydrogen) atoms. The van der Waals surface area contributed by atoms with E-state index in [1.165, 1.54) is 31.4 Å². The summed E-state index contributed by atoms with van der Waals surface area (Å²) in [6.45, 7) is 0. The molecule has 1 amide bonds. The second-order valence-electron chi connectivity index (χ2n) is 4.50. The van der Waals surface area contributed by atoms with Gasteiger partial charge in [0.25, 0.3) is 5.91 Å². The predicted molar refractivity (Wildman–Crippen MR) is 79.1 cm³/mol. The van der Waals surface area contributed by atoms with Crippen LogP contribution in [0.1, 0.15) is 15.9 Å². The fourth-order valence-corrected chi connectivity index (χ4v) is 2.13. The fraction of sp³-hybridized carbons (Fsp3) is 0.133. The molecule has 0 bridgehead atoms. The van der Waals surface area contributed by atoms with Crippen LogP contribution in [0.15, 0.2) is 36.4 Å². The Morgan fingerprint density at radius 2 is 1.96 bits per heavy atom. The highest BCUT2D eigenvalue weighted by atomic mass is 35.5. The van der Waals surface area contributed by atoms with E-state index in [0.717, 1.165) is 6.07 Å². The van der Waals surface area contributed by atoms with Gasteiger partial charge in [0.15, 0.2) is 0 Å². The van der Waals surface area contributed by atoms with Crippen molar-refractivity contribution in [2.45, 2.75) is 6.18 Å². The van der Waals surface area contributed by atoms with Crippen molar-refractivity contribution < 1.29 is 27.8 Å². The smallest absolute Gasteiger partial charge is 0.418 e. The molecule has 0 fully saturated rings. The van der Waals surface area contributed by atoms with E-state index < -0.39 is 29.1 Å². The van der Waals surface area contributed by atoms with Crippen molar-refractivity contribution >= 4 is 23.2 Å². The van der Waals surface area contributed by atoms with Crippen LogP contribution in [-0.4, -0.2) is 18.1 Å². The van der Waals surface area contributed by atoms with Gasteiger partial charge in [-0.05, 0) is 30.3 Å². The number of ether oxygens (including phenoxy) is 1. The summed E-state index contributed by atoms with van der Waals surface area (Å²) in [5.41, 5.74) is -1.83.